The fourth-order valence-electron chi connectivity index (χ4n) is 1.54. The van der Waals surface area contributed by atoms with E-state index in [0.717, 1.165) is 0 Å². The minimum Gasteiger partial charge on any atom is -0.394 e. The van der Waals surface area contributed by atoms with Gasteiger partial charge in [-0.05, 0) is 20.3 Å². The van der Waals surface area contributed by atoms with Gasteiger partial charge in [0.2, 0.25) is 0 Å². The van der Waals surface area contributed by atoms with E-state index in [-0.39, 0.29) is 30.5 Å². The van der Waals surface area contributed by atoms with E-state index >= 15 is 0 Å². The molecule has 3 unspecified atom stereocenters. The van der Waals surface area contributed by atoms with Crippen LogP contribution in [0.15, 0.2) is 0 Å². The van der Waals surface area contributed by atoms with Crippen LogP contribution in [0, 0.1) is 5.92 Å². The van der Waals surface area contributed by atoms with Crippen LogP contribution in [0.5, 0.6) is 0 Å². The SMILES string of the molecule is CC(=O)C1CC(CO)OC1C. The summed E-state index contributed by atoms with van der Waals surface area (Å²) in [6.07, 6.45) is 0.524. The molecule has 0 radical (unpaired) electrons. The molecule has 1 heterocycles. The molecule has 3 heteroatoms. The normalized spacial score (nSPS) is 37.5. The third-order valence-corrected chi connectivity index (χ3v) is 2.22. The van der Waals surface area contributed by atoms with Gasteiger partial charge in [0.1, 0.15) is 5.78 Å². The van der Waals surface area contributed by atoms with Gasteiger partial charge in [-0.1, -0.05) is 0 Å². The van der Waals surface area contributed by atoms with Crippen molar-refractivity contribution in [2.45, 2.75) is 32.5 Å². The van der Waals surface area contributed by atoms with Crippen molar-refractivity contribution in [3.8, 4) is 0 Å². The Morgan fingerprint density at radius 1 is 1.73 bits per heavy atom. The van der Waals surface area contributed by atoms with E-state index < -0.39 is 0 Å². The summed E-state index contributed by atoms with van der Waals surface area (Å²) in [6, 6.07) is 0. The molecule has 3 nitrogen and oxygen atoms in total. The Bertz CT molecular complexity index is 155. The number of carbonyl (C=O) groups is 1. The quantitative estimate of drug-likeness (QED) is 0.631. The number of aliphatic hydroxyl groups excluding tert-OH is 1. The minimum atomic E-state index is -0.126. The number of hydrogen-bond donors (Lipinski definition) is 1. The third-order valence-electron chi connectivity index (χ3n) is 2.22. The molecule has 1 N–H and O–H groups in total. The molecule has 0 spiro atoms. The van der Waals surface area contributed by atoms with Crippen LogP contribution in [0.25, 0.3) is 0 Å². The van der Waals surface area contributed by atoms with E-state index in [1.54, 1.807) is 6.92 Å². The molecule has 0 aromatic carbocycles. The first-order valence-electron chi connectivity index (χ1n) is 3.92. The number of ether oxygens (including phenoxy) is 1. The summed E-state index contributed by atoms with van der Waals surface area (Å²) in [5, 5.41) is 8.75. The molecule has 1 fully saturated rings. The van der Waals surface area contributed by atoms with Crippen molar-refractivity contribution in [2.24, 2.45) is 5.92 Å². The number of ketones is 1. The molecule has 1 rings (SSSR count). The Labute approximate surface area is 66.4 Å². The molecule has 0 amide bonds. The van der Waals surface area contributed by atoms with E-state index in [2.05, 4.69) is 0 Å². The number of aliphatic hydroxyl groups is 1. The standard InChI is InChI=1S/C8H14O3/c1-5(10)8-3-7(4-9)11-6(8)2/h6-9H,3-4H2,1-2H3. The zero-order chi connectivity index (χ0) is 8.43. The van der Waals surface area contributed by atoms with Crippen molar-refractivity contribution in [1.82, 2.24) is 0 Å². The van der Waals surface area contributed by atoms with Crippen LogP contribution in [0.4, 0.5) is 0 Å². The molecular weight excluding hydrogens is 144 g/mol. The Balaban J connectivity index is 2.51. The van der Waals surface area contributed by atoms with Gasteiger partial charge in [-0.15, -0.1) is 0 Å². The van der Waals surface area contributed by atoms with Crippen molar-refractivity contribution in [3.05, 3.63) is 0 Å². The van der Waals surface area contributed by atoms with Crippen molar-refractivity contribution in [2.75, 3.05) is 6.61 Å². The first kappa shape index (κ1) is 8.68. The zero-order valence-corrected chi connectivity index (χ0v) is 6.91. The lowest BCUT2D eigenvalue weighted by atomic mass is 9.97. The van der Waals surface area contributed by atoms with Gasteiger partial charge in [0.15, 0.2) is 0 Å². The molecular formula is C8H14O3. The highest BCUT2D eigenvalue weighted by Crippen LogP contribution is 2.26. The lowest BCUT2D eigenvalue weighted by Gasteiger charge is -2.08. The molecule has 1 saturated heterocycles. The van der Waals surface area contributed by atoms with Gasteiger partial charge in [0, 0.05) is 5.92 Å². The van der Waals surface area contributed by atoms with Gasteiger partial charge < -0.3 is 9.84 Å². The van der Waals surface area contributed by atoms with Gasteiger partial charge in [-0.2, -0.15) is 0 Å². The average Bonchev–Trinajstić information content (AvgIpc) is 2.30. The maximum atomic E-state index is 11.0. The van der Waals surface area contributed by atoms with Gasteiger partial charge in [0.05, 0.1) is 18.8 Å². The molecule has 1 aliphatic rings. The molecule has 0 aromatic heterocycles. The first-order valence-corrected chi connectivity index (χ1v) is 3.92. The molecule has 0 aliphatic carbocycles. The van der Waals surface area contributed by atoms with Crippen molar-refractivity contribution in [1.29, 1.82) is 0 Å². The van der Waals surface area contributed by atoms with E-state index in [0.29, 0.717) is 6.42 Å². The van der Waals surface area contributed by atoms with E-state index in [1.807, 2.05) is 6.92 Å². The summed E-state index contributed by atoms with van der Waals surface area (Å²) < 4.78 is 5.31. The van der Waals surface area contributed by atoms with Crippen LogP contribution < -0.4 is 0 Å². The summed E-state index contributed by atoms with van der Waals surface area (Å²) in [7, 11) is 0. The van der Waals surface area contributed by atoms with Crippen molar-refractivity contribution in [3.63, 3.8) is 0 Å². The third kappa shape index (κ3) is 1.79. The van der Waals surface area contributed by atoms with Crippen LogP contribution >= 0.6 is 0 Å². The van der Waals surface area contributed by atoms with Crippen molar-refractivity contribution >= 4 is 5.78 Å². The largest absolute Gasteiger partial charge is 0.394 e. The number of carbonyl (C=O) groups excluding carboxylic acids is 1. The van der Waals surface area contributed by atoms with Gasteiger partial charge in [0.25, 0.3) is 0 Å². The highest BCUT2D eigenvalue weighted by Gasteiger charge is 2.34. The van der Waals surface area contributed by atoms with Crippen LogP contribution in [-0.2, 0) is 9.53 Å². The molecule has 3 atom stereocenters. The monoisotopic (exact) mass is 158 g/mol. The number of hydrogen-bond acceptors (Lipinski definition) is 3. The molecule has 0 saturated carbocycles. The molecule has 0 aromatic rings. The summed E-state index contributed by atoms with van der Waals surface area (Å²) in [5.41, 5.74) is 0. The highest BCUT2D eigenvalue weighted by atomic mass is 16.5. The second-order valence-corrected chi connectivity index (χ2v) is 3.10. The minimum absolute atomic E-state index is 0.00727. The second-order valence-electron chi connectivity index (χ2n) is 3.10. The average molecular weight is 158 g/mol. The summed E-state index contributed by atoms with van der Waals surface area (Å²) in [5.74, 6) is 0.153. The molecule has 1 aliphatic heterocycles. The summed E-state index contributed by atoms with van der Waals surface area (Å²) >= 11 is 0. The van der Waals surface area contributed by atoms with E-state index in [1.165, 1.54) is 0 Å². The second kappa shape index (κ2) is 3.32. The van der Waals surface area contributed by atoms with Gasteiger partial charge >= 0.3 is 0 Å². The fraction of sp³-hybridized carbons (Fsp3) is 0.875. The molecule has 64 valence electrons. The van der Waals surface area contributed by atoms with Crippen LogP contribution in [0.1, 0.15) is 20.3 Å². The number of Topliss-reactive ketones (excluding diaryl/α,β-unsaturated/α-hetero) is 1. The Morgan fingerprint density at radius 2 is 2.36 bits per heavy atom. The van der Waals surface area contributed by atoms with Crippen molar-refractivity contribution < 1.29 is 14.6 Å². The lowest BCUT2D eigenvalue weighted by molar-refractivity contribution is -0.122. The lowest BCUT2D eigenvalue weighted by Crippen LogP contribution is -2.18. The predicted octanol–water partition coefficient (Wildman–Crippen LogP) is 0.361. The summed E-state index contributed by atoms with van der Waals surface area (Å²) in [6.45, 7) is 3.47. The van der Waals surface area contributed by atoms with Crippen LogP contribution in [0.3, 0.4) is 0 Å². The Kier molecular flexibility index (Phi) is 2.62. The Morgan fingerprint density at radius 3 is 2.64 bits per heavy atom. The van der Waals surface area contributed by atoms with Gasteiger partial charge in [-0.25, -0.2) is 0 Å². The predicted molar refractivity (Wildman–Crippen MR) is 40.2 cm³/mol. The molecule has 0 bridgehead atoms. The van der Waals surface area contributed by atoms with Crippen LogP contribution in [0.2, 0.25) is 0 Å². The molecule has 11 heavy (non-hydrogen) atoms. The topological polar surface area (TPSA) is 46.5 Å². The highest BCUT2D eigenvalue weighted by molar-refractivity contribution is 5.79. The number of rotatable bonds is 2. The van der Waals surface area contributed by atoms with E-state index in [4.69, 9.17) is 9.84 Å². The summed E-state index contributed by atoms with van der Waals surface area (Å²) in [4.78, 5) is 11.0. The van der Waals surface area contributed by atoms with Crippen LogP contribution in [-0.4, -0.2) is 29.7 Å². The van der Waals surface area contributed by atoms with Gasteiger partial charge in [-0.3, -0.25) is 4.79 Å². The zero-order valence-electron chi connectivity index (χ0n) is 6.91. The first-order chi connectivity index (χ1) is 5.15. The maximum Gasteiger partial charge on any atom is 0.135 e. The smallest absolute Gasteiger partial charge is 0.135 e. The Hall–Kier alpha value is -0.410. The maximum absolute atomic E-state index is 11.0. The fourth-order valence-corrected chi connectivity index (χ4v) is 1.54. The van der Waals surface area contributed by atoms with E-state index in [9.17, 15) is 4.79 Å².